The second-order valence-electron chi connectivity index (χ2n) is 3.55. The van der Waals surface area contributed by atoms with Crippen molar-refractivity contribution in [2.45, 2.75) is 6.92 Å². The molecule has 6 heteroatoms. The number of allylic oxidation sites excluding steroid dienone is 2. The van der Waals surface area contributed by atoms with Crippen LogP contribution in [0.25, 0.3) is 5.57 Å². The molecule has 0 amide bonds. The molecule has 0 bridgehead atoms. The van der Waals surface area contributed by atoms with E-state index in [2.05, 4.69) is 37.3 Å². The highest BCUT2D eigenvalue weighted by Crippen LogP contribution is 2.27. The van der Waals surface area contributed by atoms with E-state index in [1.54, 1.807) is 18.5 Å². The van der Waals surface area contributed by atoms with Gasteiger partial charge in [-0.2, -0.15) is 5.26 Å². The molecular formula is C12H8BrClN4. The Morgan fingerprint density at radius 2 is 2.33 bits per heavy atom. The molecule has 0 fully saturated rings. The maximum absolute atomic E-state index is 9.34. The van der Waals surface area contributed by atoms with Crippen molar-refractivity contribution in [1.82, 2.24) is 10.3 Å². The van der Waals surface area contributed by atoms with Crippen LogP contribution in [0.1, 0.15) is 12.6 Å². The van der Waals surface area contributed by atoms with E-state index in [1.807, 2.05) is 13.0 Å². The molecule has 0 saturated heterocycles. The first-order chi connectivity index (χ1) is 8.63. The molecule has 2 rings (SSSR count). The molecule has 0 aliphatic carbocycles. The van der Waals surface area contributed by atoms with Gasteiger partial charge in [0.05, 0.1) is 11.4 Å². The Balaban J connectivity index is 2.61. The van der Waals surface area contributed by atoms with E-state index in [4.69, 9.17) is 11.6 Å². The van der Waals surface area contributed by atoms with Crippen LogP contribution < -0.4 is 5.32 Å². The third kappa shape index (κ3) is 2.45. The number of aromatic nitrogens is 1. The third-order valence-electron chi connectivity index (χ3n) is 2.35. The first-order valence-electron chi connectivity index (χ1n) is 5.06. The highest BCUT2D eigenvalue weighted by molar-refractivity contribution is 9.10. The van der Waals surface area contributed by atoms with Gasteiger partial charge < -0.3 is 5.32 Å². The van der Waals surface area contributed by atoms with Crippen LogP contribution in [-0.4, -0.2) is 10.3 Å². The molecule has 2 heterocycles. The van der Waals surface area contributed by atoms with Gasteiger partial charge in [-0.15, -0.1) is 0 Å². The van der Waals surface area contributed by atoms with Crippen molar-refractivity contribution in [3.8, 4) is 6.07 Å². The van der Waals surface area contributed by atoms with Crippen molar-refractivity contribution in [2.75, 3.05) is 0 Å². The van der Waals surface area contributed by atoms with Gasteiger partial charge in [0.2, 0.25) is 0 Å². The maximum Gasteiger partial charge on any atom is 0.200 e. The van der Waals surface area contributed by atoms with E-state index < -0.39 is 0 Å². The van der Waals surface area contributed by atoms with Gasteiger partial charge in [0.1, 0.15) is 11.6 Å². The van der Waals surface area contributed by atoms with Gasteiger partial charge in [-0.1, -0.05) is 0 Å². The van der Waals surface area contributed by atoms with E-state index >= 15 is 0 Å². The maximum atomic E-state index is 9.34. The average molecular weight is 324 g/mol. The summed E-state index contributed by atoms with van der Waals surface area (Å²) in [5, 5.41) is 12.5. The Bertz CT molecular complexity index is 625. The number of hydrogen-bond donors (Lipinski definition) is 1. The average Bonchev–Trinajstić information content (AvgIpc) is 2.36. The molecule has 0 atom stereocenters. The van der Waals surface area contributed by atoms with E-state index in [-0.39, 0.29) is 5.29 Å². The van der Waals surface area contributed by atoms with Gasteiger partial charge in [-0.25, -0.2) is 4.99 Å². The van der Waals surface area contributed by atoms with Gasteiger partial charge in [-0.3, -0.25) is 4.98 Å². The number of hydrogen-bond acceptors (Lipinski definition) is 4. The minimum Gasteiger partial charge on any atom is -0.329 e. The van der Waals surface area contributed by atoms with E-state index in [0.29, 0.717) is 17.0 Å². The summed E-state index contributed by atoms with van der Waals surface area (Å²) in [6.45, 7) is 1.85. The van der Waals surface area contributed by atoms with Gasteiger partial charge in [-0.05, 0) is 52.2 Å². The van der Waals surface area contributed by atoms with Crippen LogP contribution in [0.15, 0.2) is 45.3 Å². The molecule has 1 aromatic rings. The number of amidine groups is 1. The first kappa shape index (κ1) is 12.8. The number of nitrogens with zero attached hydrogens (tertiary/aromatic N) is 3. The summed E-state index contributed by atoms with van der Waals surface area (Å²) in [6, 6.07) is 5.77. The number of aliphatic imine (C=N–C) groups is 1. The standard InChI is InChI=1S/C12H8BrClN4/c1-7-6-17-12(14)18-10(7)8(5-15)11-9(13)3-2-4-16-11/h2-4,6H,1H3,(H,17,18)/b10-8-. The molecule has 1 N–H and O–H groups in total. The lowest BCUT2D eigenvalue weighted by Gasteiger charge is -2.15. The lowest BCUT2D eigenvalue weighted by atomic mass is 10.1. The quantitative estimate of drug-likeness (QED) is 0.638. The molecule has 18 heavy (non-hydrogen) atoms. The zero-order valence-electron chi connectivity index (χ0n) is 9.41. The Morgan fingerprint density at radius 3 is 3.00 bits per heavy atom. The molecule has 90 valence electrons. The number of nitriles is 1. The molecule has 1 aliphatic heterocycles. The lowest BCUT2D eigenvalue weighted by Crippen LogP contribution is -2.22. The summed E-state index contributed by atoms with van der Waals surface area (Å²) >= 11 is 9.20. The summed E-state index contributed by atoms with van der Waals surface area (Å²) < 4.78 is 0.752. The van der Waals surface area contributed by atoms with Gasteiger partial charge in [0.25, 0.3) is 0 Å². The molecule has 1 aliphatic rings. The monoisotopic (exact) mass is 322 g/mol. The predicted molar refractivity (Wildman–Crippen MR) is 74.7 cm³/mol. The van der Waals surface area contributed by atoms with Gasteiger partial charge in [0.15, 0.2) is 5.29 Å². The molecule has 4 nitrogen and oxygen atoms in total. The summed E-state index contributed by atoms with van der Waals surface area (Å²) in [7, 11) is 0. The minimum atomic E-state index is 0.232. The topological polar surface area (TPSA) is 61.1 Å². The Hall–Kier alpha value is -1.64. The minimum absolute atomic E-state index is 0.232. The van der Waals surface area contributed by atoms with E-state index in [1.165, 1.54) is 0 Å². The fourth-order valence-electron chi connectivity index (χ4n) is 1.51. The second kappa shape index (κ2) is 5.34. The number of rotatable bonds is 1. The zero-order chi connectivity index (χ0) is 13.1. The van der Waals surface area contributed by atoms with Crippen LogP contribution >= 0.6 is 27.5 Å². The van der Waals surface area contributed by atoms with E-state index in [0.717, 1.165) is 10.0 Å². The molecule has 0 unspecified atom stereocenters. The van der Waals surface area contributed by atoms with Crippen molar-refractivity contribution >= 4 is 38.4 Å². The van der Waals surface area contributed by atoms with Crippen LogP contribution in [0.3, 0.4) is 0 Å². The normalized spacial score (nSPS) is 17.2. The summed E-state index contributed by atoms with van der Waals surface area (Å²) in [5.41, 5.74) is 2.44. The van der Waals surface area contributed by atoms with Crippen LogP contribution in [0.2, 0.25) is 0 Å². The fourth-order valence-corrected chi connectivity index (χ4v) is 2.11. The van der Waals surface area contributed by atoms with Crippen molar-refractivity contribution in [2.24, 2.45) is 4.99 Å². The summed E-state index contributed by atoms with van der Waals surface area (Å²) in [4.78, 5) is 8.13. The number of nitrogens with one attached hydrogen (secondary N) is 1. The lowest BCUT2D eigenvalue weighted by molar-refractivity contribution is 1.09. The molecule has 0 aromatic carbocycles. The van der Waals surface area contributed by atoms with Crippen LogP contribution in [0, 0.1) is 11.3 Å². The second-order valence-corrected chi connectivity index (χ2v) is 4.77. The molecule has 0 radical (unpaired) electrons. The highest BCUT2D eigenvalue weighted by atomic mass is 79.9. The van der Waals surface area contributed by atoms with Crippen molar-refractivity contribution in [3.63, 3.8) is 0 Å². The Morgan fingerprint density at radius 1 is 1.56 bits per heavy atom. The molecule has 0 spiro atoms. The largest absolute Gasteiger partial charge is 0.329 e. The summed E-state index contributed by atoms with van der Waals surface area (Å²) in [6.07, 6.45) is 3.25. The van der Waals surface area contributed by atoms with Crippen molar-refractivity contribution < 1.29 is 0 Å². The zero-order valence-corrected chi connectivity index (χ0v) is 11.7. The Labute approximate surface area is 118 Å². The SMILES string of the molecule is CC1=CN=C(Cl)N/C1=C(/C#N)c1ncccc1Br. The third-order valence-corrected chi connectivity index (χ3v) is 3.18. The molecule has 0 saturated carbocycles. The van der Waals surface area contributed by atoms with Gasteiger partial charge in [0, 0.05) is 16.9 Å². The fraction of sp³-hybridized carbons (Fsp3) is 0.0833. The van der Waals surface area contributed by atoms with Crippen molar-refractivity contribution in [3.05, 3.63) is 46.0 Å². The highest BCUT2D eigenvalue weighted by Gasteiger charge is 2.17. The smallest absolute Gasteiger partial charge is 0.200 e. The molecular weight excluding hydrogens is 316 g/mol. The number of pyridine rings is 1. The van der Waals surface area contributed by atoms with Gasteiger partial charge >= 0.3 is 0 Å². The first-order valence-corrected chi connectivity index (χ1v) is 6.23. The predicted octanol–water partition coefficient (Wildman–Crippen LogP) is 3.18. The Kier molecular flexibility index (Phi) is 3.80. The van der Waals surface area contributed by atoms with Crippen molar-refractivity contribution in [1.29, 1.82) is 5.26 Å². The number of halogens is 2. The van der Waals surface area contributed by atoms with E-state index in [9.17, 15) is 5.26 Å². The summed E-state index contributed by atoms with van der Waals surface area (Å²) in [5.74, 6) is 0. The molecule has 1 aromatic heterocycles. The van der Waals surface area contributed by atoms with Crippen LogP contribution in [-0.2, 0) is 0 Å². The van der Waals surface area contributed by atoms with Crippen LogP contribution in [0.5, 0.6) is 0 Å². The van der Waals surface area contributed by atoms with Crippen LogP contribution in [0.4, 0.5) is 0 Å².